The van der Waals surface area contributed by atoms with Gasteiger partial charge >= 0.3 is 0 Å². The Kier molecular flexibility index (Phi) is 8.20. The van der Waals surface area contributed by atoms with Crippen molar-refractivity contribution in [2.24, 2.45) is 11.1 Å². The molecule has 0 unspecified atom stereocenters. The Morgan fingerprint density at radius 3 is 2.50 bits per heavy atom. The Hall–Kier alpha value is -2.97. The Balaban J connectivity index is 1.25. The van der Waals surface area contributed by atoms with Gasteiger partial charge in [-0.25, -0.2) is 9.29 Å². The number of nitrogens with zero attached hydrogens (tertiary/aromatic N) is 2. The summed E-state index contributed by atoms with van der Waals surface area (Å²) in [6, 6.07) is 6.96. The van der Waals surface area contributed by atoms with E-state index in [2.05, 4.69) is 4.98 Å². The van der Waals surface area contributed by atoms with Gasteiger partial charge in [-0.15, -0.1) is 0 Å². The van der Waals surface area contributed by atoms with Crippen LogP contribution in [0, 0.1) is 5.41 Å². The van der Waals surface area contributed by atoms with Crippen LogP contribution in [0.1, 0.15) is 48.0 Å². The normalized spacial score (nSPS) is 22.2. The minimum atomic E-state index is -4.41. The number of nitrogens with two attached hydrogens (primary N) is 1. The summed E-state index contributed by atoms with van der Waals surface area (Å²) in [5.74, 6) is -1.25. The Morgan fingerprint density at radius 1 is 1.07 bits per heavy atom. The summed E-state index contributed by atoms with van der Waals surface area (Å²) in [6.45, 7) is 0.652. The molecular weight excluding hydrogens is 566 g/mol. The molecule has 40 heavy (non-hydrogen) atoms. The molecule has 3 aromatic rings. The Bertz CT molecular complexity index is 1490. The highest BCUT2D eigenvalue weighted by molar-refractivity contribution is 7.89. The maximum absolute atomic E-state index is 13.5. The van der Waals surface area contributed by atoms with E-state index in [4.69, 9.17) is 40.4 Å². The molecule has 1 spiro atoms. The summed E-state index contributed by atoms with van der Waals surface area (Å²) in [7, 11) is -2.86. The maximum Gasteiger partial charge on any atom is 0.300 e. The third-order valence-electron chi connectivity index (χ3n) is 7.36. The van der Waals surface area contributed by atoms with E-state index >= 15 is 0 Å². The van der Waals surface area contributed by atoms with Gasteiger partial charge in [-0.1, -0.05) is 11.6 Å². The third-order valence-corrected chi connectivity index (χ3v) is 9.34. The highest BCUT2D eigenvalue weighted by Crippen LogP contribution is 2.63. The van der Waals surface area contributed by atoms with Crippen molar-refractivity contribution in [3.63, 3.8) is 0 Å². The van der Waals surface area contributed by atoms with Gasteiger partial charge in [-0.2, -0.15) is 8.42 Å². The number of methoxy groups -OCH3 is 1. The molecule has 0 aliphatic heterocycles. The third kappa shape index (κ3) is 5.75. The lowest BCUT2D eigenvalue weighted by Crippen LogP contribution is -2.59. The van der Waals surface area contributed by atoms with Crippen LogP contribution in [0.15, 0.2) is 44.3 Å². The van der Waals surface area contributed by atoms with Crippen LogP contribution in [-0.4, -0.2) is 75.7 Å². The second kappa shape index (κ2) is 11.5. The number of rotatable bonds is 13. The number of primary amides is 1. The van der Waals surface area contributed by atoms with Crippen molar-refractivity contribution in [2.75, 3.05) is 40.1 Å². The van der Waals surface area contributed by atoms with Gasteiger partial charge in [0.05, 0.1) is 26.4 Å². The van der Waals surface area contributed by atoms with Crippen LogP contribution in [0.5, 0.6) is 0 Å². The first kappa shape index (κ1) is 28.6. The van der Waals surface area contributed by atoms with Crippen molar-refractivity contribution in [3.05, 3.63) is 47.0 Å². The van der Waals surface area contributed by atoms with Gasteiger partial charge in [0, 0.05) is 24.1 Å². The number of amides is 2. The summed E-state index contributed by atoms with van der Waals surface area (Å²) in [5.41, 5.74) is 6.44. The van der Waals surface area contributed by atoms with Gasteiger partial charge in [0.15, 0.2) is 17.2 Å². The first-order valence-corrected chi connectivity index (χ1v) is 14.6. The fourth-order valence-electron chi connectivity index (χ4n) is 5.50. The van der Waals surface area contributed by atoms with Crippen LogP contribution in [0.3, 0.4) is 0 Å². The number of furan rings is 1. The van der Waals surface area contributed by atoms with Gasteiger partial charge in [-0.05, 0) is 61.4 Å². The highest BCUT2D eigenvalue weighted by Gasteiger charge is 2.58. The smallest absolute Gasteiger partial charge is 0.300 e. The van der Waals surface area contributed by atoms with E-state index in [1.165, 1.54) is 0 Å². The molecule has 0 bridgehead atoms. The lowest BCUT2D eigenvalue weighted by molar-refractivity contribution is -0.139. The van der Waals surface area contributed by atoms with Gasteiger partial charge < -0.3 is 28.8 Å². The van der Waals surface area contributed by atoms with Crippen LogP contribution in [-0.2, 0) is 29.0 Å². The van der Waals surface area contributed by atoms with E-state index in [0.717, 1.165) is 29.3 Å². The molecule has 1 aromatic carbocycles. The van der Waals surface area contributed by atoms with Gasteiger partial charge in [0.25, 0.3) is 21.8 Å². The van der Waals surface area contributed by atoms with Crippen LogP contribution >= 0.6 is 11.6 Å². The predicted octanol–water partition coefficient (Wildman–Crippen LogP) is 3.10. The minimum absolute atomic E-state index is 0.0949. The average Bonchev–Trinajstić information content (AvgIpc) is 3.51. The summed E-state index contributed by atoms with van der Waals surface area (Å²) < 4.78 is 54.5. The zero-order chi connectivity index (χ0) is 28.5. The quantitative estimate of drug-likeness (QED) is 0.290. The molecule has 2 N–H and O–H groups in total. The standard InChI is InChI=1S/C26H30ClN3O9S/c1-35-6-7-36-8-9-37-15-22(31)30(40(33,34)23-5-4-21(38-23)24(28)32)18-13-26(14-18)11-16(12-26)25-29-19-10-17(27)2-3-20(19)39-25/h2-5,10,16,18H,6-9,11-15H2,1H3,(H2,28,32). The topological polar surface area (TPSA) is 164 Å². The number of sulfonamides is 1. The monoisotopic (exact) mass is 595 g/mol. The number of halogens is 1. The van der Waals surface area contributed by atoms with E-state index in [1.807, 2.05) is 0 Å². The fraction of sp³-hybridized carbons (Fsp3) is 0.500. The van der Waals surface area contributed by atoms with Crippen molar-refractivity contribution in [1.82, 2.24) is 9.29 Å². The summed E-state index contributed by atoms with van der Waals surface area (Å²) in [4.78, 5) is 29.2. The fourth-order valence-corrected chi connectivity index (χ4v) is 7.16. The first-order valence-electron chi connectivity index (χ1n) is 12.8. The number of carbonyl (C=O) groups excluding carboxylic acids is 2. The molecule has 0 saturated heterocycles. The zero-order valence-electron chi connectivity index (χ0n) is 21.8. The molecule has 2 fully saturated rings. The number of oxazole rings is 1. The lowest BCUT2D eigenvalue weighted by Gasteiger charge is -2.58. The van der Waals surface area contributed by atoms with Crippen molar-refractivity contribution in [2.45, 2.75) is 42.7 Å². The predicted molar refractivity (Wildman–Crippen MR) is 141 cm³/mol. The molecule has 14 heteroatoms. The summed E-state index contributed by atoms with van der Waals surface area (Å²) in [5, 5.41) is 0.0439. The number of ether oxygens (including phenoxy) is 3. The number of hydrogen-bond acceptors (Lipinski definition) is 10. The molecule has 2 aliphatic carbocycles. The number of benzene rings is 1. The van der Waals surface area contributed by atoms with Crippen molar-refractivity contribution in [1.29, 1.82) is 0 Å². The molecular formula is C26H30ClN3O9S. The van der Waals surface area contributed by atoms with Gasteiger partial charge in [0.2, 0.25) is 5.09 Å². The number of fused-ring (bicyclic) bond motifs is 1. The average molecular weight is 596 g/mol. The van der Waals surface area contributed by atoms with Crippen molar-refractivity contribution < 1.29 is 41.1 Å². The second-order valence-electron chi connectivity index (χ2n) is 10.2. The van der Waals surface area contributed by atoms with Crippen molar-refractivity contribution in [3.8, 4) is 0 Å². The molecule has 2 saturated carbocycles. The zero-order valence-corrected chi connectivity index (χ0v) is 23.4. The first-order chi connectivity index (χ1) is 19.1. The SMILES string of the molecule is COCCOCCOCC(=O)N(C1CC2(CC(c3nc4cc(Cl)ccc4o3)C2)C1)S(=O)(=O)c1ccc(C(N)=O)o1. The molecule has 2 amide bonds. The van der Waals surface area contributed by atoms with Gasteiger partial charge in [-0.3, -0.25) is 9.59 Å². The minimum Gasteiger partial charge on any atom is -0.440 e. The molecule has 2 aliphatic rings. The molecule has 0 radical (unpaired) electrons. The summed E-state index contributed by atoms with van der Waals surface area (Å²) in [6.07, 6.45) is 2.47. The molecule has 0 atom stereocenters. The van der Waals surface area contributed by atoms with E-state index in [1.54, 1.807) is 25.3 Å². The maximum atomic E-state index is 13.5. The molecule has 5 rings (SSSR count). The van der Waals surface area contributed by atoms with Crippen LogP contribution < -0.4 is 5.73 Å². The molecule has 2 aromatic heterocycles. The number of carbonyl (C=O) groups is 2. The number of aromatic nitrogens is 1. The van der Waals surface area contributed by atoms with E-state index < -0.39 is 39.6 Å². The second-order valence-corrected chi connectivity index (χ2v) is 12.3. The molecule has 2 heterocycles. The number of hydrogen-bond donors (Lipinski definition) is 1. The van der Waals surface area contributed by atoms with Gasteiger partial charge in [0.1, 0.15) is 12.1 Å². The van der Waals surface area contributed by atoms with E-state index in [-0.39, 0.29) is 30.3 Å². The molecule has 12 nitrogen and oxygen atoms in total. The van der Waals surface area contributed by atoms with Crippen LogP contribution in [0.2, 0.25) is 5.02 Å². The van der Waals surface area contributed by atoms with Crippen LogP contribution in [0.25, 0.3) is 11.1 Å². The Labute approximate surface area is 235 Å². The van der Waals surface area contributed by atoms with E-state index in [9.17, 15) is 18.0 Å². The summed E-state index contributed by atoms with van der Waals surface area (Å²) >= 11 is 6.05. The van der Waals surface area contributed by atoms with Crippen LogP contribution in [0.4, 0.5) is 0 Å². The lowest BCUT2D eigenvalue weighted by atomic mass is 9.50. The van der Waals surface area contributed by atoms with E-state index in [0.29, 0.717) is 48.1 Å². The molecule has 216 valence electrons. The largest absolute Gasteiger partial charge is 0.440 e. The van der Waals surface area contributed by atoms with Crippen molar-refractivity contribution >= 4 is 44.5 Å². The highest BCUT2D eigenvalue weighted by atomic mass is 35.5. The Morgan fingerprint density at radius 2 is 1.80 bits per heavy atom.